The van der Waals surface area contributed by atoms with E-state index in [0.717, 1.165) is 68.2 Å². The van der Waals surface area contributed by atoms with Crippen molar-refractivity contribution in [2.75, 3.05) is 0 Å². The molecule has 0 atom stereocenters. The Bertz CT molecular complexity index is 2240. The average molecular weight is 914 g/mol. The van der Waals surface area contributed by atoms with Crippen molar-refractivity contribution in [1.82, 2.24) is 19.5 Å². The smallest absolute Gasteiger partial charge is 0 e. The topological polar surface area (TPSA) is 56.7 Å². The Morgan fingerprint density at radius 1 is 0.882 bits per heavy atom. The van der Waals surface area contributed by atoms with Crippen LogP contribution < -0.4 is 4.40 Å². The molecule has 1 aliphatic carbocycles. The predicted octanol–water partition coefficient (Wildman–Crippen LogP) is 11.2. The van der Waals surface area contributed by atoms with Gasteiger partial charge >= 0.3 is 144 Å². The van der Waals surface area contributed by atoms with Crippen LogP contribution in [0, 0.1) is 18.1 Å². The summed E-state index contributed by atoms with van der Waals surface area (Å²) in [4.78, 5) is 14.3. The van der Waals surface area contributed by atoms with E-state index in [4.69, 9.17) is 14.4 Å². The fourth-order valence-electron chi connectivity index (χ4n) is 7.41. The molecular formula is C44H48GeIrN4O-2. The first-order valence-corrected chi connectivity index (χ1v) is 25.7. The molecule has 0 saturated heterocycles. The molecule has 0 spiro atoms. The SMILES string of the molecule is CCn1c(-c2[c-]cc3oc4nc(C(C)C)ccc4c3c2)nc2ccccc21.[CH3][Ge]([CH3])([CH3])[c]1cnc(-c2[c-]cccc2)cc1CC1CCCCC1.[Ir]. The molecular weight excluding hydrogens is 865 g/mol. The van der Waals surface area contributed by atoms with Gasteiger partial charge in [0.05, 0.1) is 22.4 Å². The monoisotopic (exact) mass is 915 g/mol. The Hall–Kier alpha value is -3.58. The molecule has 1 saturated carbocycles. The van der Waals surface area contributed by atoms with Gasteiger partial charge in [0.15, 0.2) is 0 Å². The van der Waals surface area contributed by atoms with Gasteiger partial charge in [0.1, 0.15) is 0 Å². The second kappa shape index (κ2) is 16.0. The molecule has 1 fully saturated rings. The summed E-state index contributed by atoms with van der Waals surface area (Å²) in [6.45, 7) is 7.27. The minimum atomic E-state index is -1.89. The zero-order chi connectivity index (χ0) is 34.8. The molecule has 5 nitrogen and oxygen atoms in total. The first-order chi connectivity index (χ1) is 24.2. The molecule has 7 heteroatoms. The number of para-hydroxylation sites is 2. The number of pyridine rings is 2. The Morgan fingerprint density at radius 2 is 1.67 bits per heavy atom. The van der Waals surface area contributed by atoms with E-state index in [-0.39, 0.29) is 20.1 Å². The van der Waals surface area contributed by atoms with Gasteiger partial charge in [-0.3, -0.25) is 4.98 Å². The molecule has 1 radical (unpaired) electrons. The van der Waals surface area contributed by atoms with Crippen molar-refractivity contribution in [3.8, 4) is 22.6 Å². The standard InChI is InChI=1S/C23H20N3O.C21H28GeN.Ir/c1-4-26-20-8-6-5-7-19(20)24-22(26)15-9-12-21-17(13-15)16-10-11-18(14(2)3)25-23(16)27-21;1-22(2,3)20-16-23-21(18-12-8-5-9-13-18)15-19(20)14-17-10-6-4-7-11-17;/h5-8,10-14H,4H2,1-3H3;5,8-9,12,15-17H,4,6-7,10-11,14H2,1-3H3;/q2*-1;. The van der Waals surface area contributed by atoms with Gasteiger partial charge in [-0.15, -0.1) is 23.8 Å². The van der Waals surface area contributed by atoms with Crippen LogP contribution in [0.15, 0.2) is 89.5 Å². The molecule has 0 bridgehead atoms. The van der Waals surface area contributed by atoms with E-state index in [1.54, 1.807) is 9.96 Å². The van der Waals surface area contributed by atoms with Gasteiger partial charge < -0.3 is 8.98 Å². The van der Waals surface area contributed by atoms with Crippen LogP contribution in [-0.2, 0) is 33.1 Å². The van der Waals surface area contributed by atoms with Crippen LogP contribution in [-0.4, -0.2) is 32.8 Å². The molecule has 4 aromatic heterocycles. The van der Waals surface area contributed by atoms with Crippen molar-refractivity contribution in [2.24, 2.45) is 5.92 Å². The number of furan rings is 1. The van der Waals surface area contributed by atoms with Crippen molar-refractivity contribution in [3.63, 3.8) is 0 Å². The van der Waals surface area contributed by atoms with E-state index in [0.29, 0.717) is 11.6 Å². The summed E-state index contributed by atoms with van der Waals surface area (Å²) in [5, 5.41) is 2.08. The van der Waals surface area contributed by atoms with Gasteiger partial charge in [0.25, 0.3) is 0 Å². The molecule has 0 aliphatic heterocycles. The second-order valence-corrected chi connectivity index (χ2v) is 25.7. The quantitative estimate of drug-likeness (QED) is 0.118. The normalized spacial score (nSPS) is 13.8. The van der Waals surface area contributed by atoms with Gasteiger partial charge in [0.2, 0.25) is 5.71 Å². The summed E-state index contributed by atoms with van der Waals surface area (Å²) >= 11 is -1.89. The molecule has 0 N–H and O–H groups in total. The zero-order valence-electron chi connectivity index (χ0n) is 30.7. The van der Waals surface area contributed by atoms with E-state index in [2.05, 4.69) is 114 Å². The Balaban J connectivity index is 0.000000175. The molecule has 0 unspecified atom stereocenters. The third-order valence-electron chi connectivity index (χ3n) is 10.1. The van der Waals surface area contributed by atoms with E-state index in [1.807, 2.05) is 30.3 Å². The molecule has 1 aliphatic rings. The zero-order valence-corrected chi connectivity index (χ0v) is 35.2. The van der Waals surface area contributed by atoms with Crippen molar-refractivity contribution in [2.45, 2.75) is 89.0 Å². The molecule has 51 heavy (non-hydrogen) atoms. The third kappa shape index (κ3) is 8.09. The van der Waals surface area contributed by atoms with E-state index in [1.165, 1.54) is 38.5 Å². The number of imidazole rings is 1. The van der Waals surface area contributed by atoms with E-state index < -0.39 is 13.3 Å². The van der Waals surface area contributed by atoms with E-state index >= 15 is 0 Å². The van der Waals surface area contributed by atoms with Crippen LogP contribution in [0.4, 0.5) is 0 Å². The van der Waals surface area contributed by atoms with Crippen LogP contribution in [0.1, 0.15) is 70.1 Å². The molecule has 3 aromatic carbocycles. The molecule has 0 amide bonds. The molecule has 8 rings (SSSR count). The van der Waals surface area contributed by atoms with Gasteiger partial charge in [-0.05, 0) is 37.1 Å². The third-order valence-corrected chi connectivity index (χ3v) is 14.4. The van der Waals surface area contributed by atoms with Gasteiger partial charge in [-0.25, -0.2) is 4.98 Å². The number of fused-ring (bicyclic) bond motifs is 4. The number of aryl methyl sites for hydroxylation is 1. The largest absolute Gasteiger partial charge is 0 e. The number of nitrogens with zero attached hydrogens (tertiary/aromatic N) is 4. The predicted molar refractivity (Wildman–Crippen MR) is 211 cm³/mol. The Kier molecular flexibility index (Phi) is 11.7. The van der Waals surface area contributed by atoms with Gasteiger partial charge in [0, 0.05) is 37.7 Å². The second-order valence-electron chi connectivity index (χ2n) is 15.1. The summed E-state index contributed by atoms with van der Waals surface area (Å²) in [5.74, 6) is 9.62. The van der Waals surface area contributed by atoms with E-state index in [9.17, 15) is 0 Å². The van der Waals surface area contributed by atoms with Crippen LogP contribution in [0.25, 0.3) is 55.7 Å². The summed E-state index contributed by atoms with van der Waals surface area (Å²) in [6.07, 6.45) is 10.5. The fraction of sp³-hybridized carbons (Fsp3) is 0.341. The van der Waals surface area contributed by atoms with Crippen LogP contribution in [0.5, 0.6) is 0 Å². The Morgan fingerprint density at radius 3 is 2.39 bits per heavy atom. The first-order valence-electron chi connectivity index (χ1n) is 18.4. The van der Waals surface area contributed by atoms with Gasteiger partial charge in [-0.1, -0.05) is 31.4 Å². The number of hydrogen-bond donors (Lipinski definition) is 0. The summed E-state index contributed by atoms with van der Waals surface area (Å²) in [5.41, 5.74) is 9.43. The minimum absolute atomic E-state index is 0. The average Bonchev–Trinajstić information content (AvgIpc) is 3.69. The maximum Gasteiger partial charge on any atom is 0 e. The van der Waals surface area contributed by atoms with Crippen molar-refractivity contribution in [3.05, 3.63) is 108 Å². The van der Waals surface area contributed by atoms with Crippen molar-refractivity contribution >= 4 is 50.8 Å². The summed E-state index contributed by atoms with van der Waals surface area (Å²) < 4.78 is 9.80. The van der Waals surface area contributed by atoms with Crippen LogP contribution >= 0.6 is 0 Å². The fourth-order valence-corrected chi connectivity index (χ4v) is 10.7. The number of hydrogen-bond acceptors (Lipinski definition) is 4. The maximum atomic E-state index is 5.98. The Labute approximate surface area is 319 Å². The summed E-state index contributed by atoms with van der Waals surface area (Å²) in [7, 11) is 0. The number of rotatable bonds is 7. The number of aromatic nitrogens is 4. The van der Waals surface area contributed by atoms with Crippen molar-refractivity contribution < 1.29 is 24.5 Å². The molecule has 4 heterocycles. The van der Waals surface area contributed by atoms with Crippen LogP contribution in [0.3, 0.4) is 0 Å². The molecule has 7 aromatic rings. The first kappa shape index (κ1) is 37.2. The van der Waals surface area contributed by atoms with Gasteiger partial charge in [-0.2, -0.15) is 0 Å². The van der Waals surface area contributed by atoms with Crippen molar-refractivity contribution in [1.29, 1.82) is 0 Å². The minimum Gasteiger partial charge on any atom is 0 e. The summed E-state index contributed by atoms with van der Waals surface area (Å²) in [6, 6.07) is 33.7. The maximum absolute atomic E-state index is 5.98. The van der Waals surface area contributed by atoms with Crippen LogP contribution in [0.2, 0.25) is 17.3 Å². The number of benzene rings is 3. The molecule has 265 valence electrons.